The average molecular weight is 194 g/mol. The second kappa shape index (κ2) is 5.79. The molecule has 0 aliphatic carbocycles. The van der Waals surface area contributed by atoms with Crippen LogP contribution >= 0.6 is 0 Å². The summed E-state index contributed by atoms with van der Waals surface area (Å²) in [7, 11) is 0. The van der Waals surface area contributed by atoms with Crippen LogP contribution in [0.5, 0.6) is 0 Å². The lowest BCUT2D eigenvalue weighted by atomic mass is 9.87. The van der Waals surface area contributed by atoms with Crippen molar-refractivity contribution in [1.82, 2.24) is 0 Å². The van der Waals surface area contributed by atoms with Crippen molar-refractivity contribution < 1.29 is 4.79 Å². The van der Waals surface area contributed by atoms with E-state index in [0.29, 0.717) is 6.42 Å². The van der Waals surface area contributed by atoms with Crippen molar-refractivity contribution in [3.63, 3.8) is 0 Å². The Morgan fingerprint density at radius 1 is 1.29 bits per heavy atom. The highest BCUT2D eigenvalue weighted by Crippen LogP contribution is 2.22. The van der Waals surface area contributed by atoms with Crippen molar-refractivity contribution in [3.05, 3.63) is 23.8 Å². The van der Waals surface area contributed by atoms with Gasteiger partial charge in [-0.1, -0.05) is 44.6 Å². The van der Waals surface area contributed by atoms with Gasteiger partial charge >= 0.3 is 0 Å². The Balaban J connectivity index is 4.27. The number of carbonyl (C=O) groups is 1. The van der Waals surface area contributed by atoms with E-state index in [-0.39, 0.29) is 11.2 Å². The van der Waals surface area contributed by atoms with Crippen LogP contribution in [0.4, 0.5) is 0 Å². The lowest BCUT2D eigenvalue weighted by molar-refractivity contribution is -0.118. The zero-order valence-corrected chi connectivity index (χ0v) is 10.1. The molecule has 1 heteroatoms. The molecule has 0 radical (unpaired) electrons. The fourth-order valence-electron chi connectivity index (χ4n) is 1.29. The van der Waals surface area contributed by atoms with Crippen LogP contribution in [0.1, 0.15) is 47.5 Å². The third-order valence-electron chi connectivity index (χ3n) is 2.19. The molecule has 0 rings (SSSR count). The number of rotatable bonds is 5. The number of hydrogen-bond acceptors (Lipinski definition) is 1. The van der Waals surface area contributed by atoms with Gasteiger partial charge < -0.3 is 0 Å². The highest BCUT2D eigenvalue weighted by molar-refractivity contribution is 5.76. The summed E-state index contributed by atoms with van der Waals surface area (Å²) in [4.78, 5) is 11.0. The highest BCUT2D eigenvalue weighted by atomic mass is 16.1. The average Bonchev–Trinajstić information content (AvgIpc) is 2.01. The Kier molecular flexibility index (Phi) is 5.44. The first-order valence-corrected chi connectivity index (χ1v) is 5.22. The molecule has 0 unspecified atom stereocenters. The summed E-state index contributed by atoms with van der Waals surface area (Å²) in [5.41, 5.74) is 1.34. The molecule has 0 aromatic carbocycles. The summed E-state index contributed by atoms with van der Waals surface area (Å²) in [5, 5.41) is 0. The number of Topliss-reactive ketones (excluding diaryl/α,β-unsaturated/α-hetero) is 1. The molecule has 0 fully saturated rings. The first kappa shape index (κ1) is 13.2. The standard InChI is InChI=1S/C13H22O/c1-6-11(2)8-7-9-13(4,5)10-12(3)14/h7-9H,6,10H2,1-5H3/b9-7+,11-8+. The molecule has 0 heterocycles. The molecule has 0 aliphatic heterocycles. The van der Waals surface area contributed by atoms with Gasteiger partial charge in [0.05, 0.1) is 0 Å². The molecule has 0 spiro atoms. The lowest BCUT2D eigenvalue weighted by Gasteiger charge is -2.17. The van der Waals surface area contributed by atoms with Gasteiger partial charge in [0.25, 0.3) is 0 Å². The van der Waals surface area contributed by atoms with Gasteiger partial charge in [0.15, 0.2) is 0 Å². The van der Waals surface area contributed by atoms with Gasteiger partial charge in [0.2, 0.25) is 0 Å². The predicted molar refractivity (Wildman–Crippen MR) is 62.3 cm³/mol. The summed E-state index contributed by atoms with van der Waals surface area (Å²) >= 11 is 0. The summed E-state index contributed by atoms with van der Waals surface area (Å²) < 4.78 is 0. The van der Waals surface area contributed by atoms with Crippen LogP contribution in [0.3, 0.4) is 0 Å². The second-order valence-corrected chi connectivity index (χ2v) is 4.59. The third-order valence-corrected chi connectivity index (χ3v) is 2.19. The fraction of sp³-hybridized carbons (Fsp3) is 0.615. The minimum Gasteiger partial charge on any atom is -0.300 e. The van der Waals surface area contributed by atoms with Gasteiger partial charge in [-0.15, -0.1) is 0 Å². The molecular formula is C13H22O. The SMILES string of the molecule is CC/C(C)=C/C=C/C(C)(C)CC(C)=O. The minimum atomic E-state index is -0.0175. The van der Waals surface area contributed by atoms with Crippen LogP contribution < -0.4 is 0 Å². The molecule has 0 amide bonds. The smallest absolute Gasteiger partial charge is 0.130 e. The van der Waals surface area contributed by atoms with E-state index >= 15 is 0 Å². The van der Waals surface area contributed by atoms with E-state index in [4.69, 9.17) is 0 Å². The Morgan fingerprint density at radius 3 is 2.29 bits per heavy atom. The van der Waals surface area contributed by atoms with Gasteiger partial charge in [-0.2, -0.15) is 0 Å². The highest BCUT2D eigenvalue weighted by Gasteiger charge is 2.15. The van der Waals surface area contributed by atoms with E-state index < -0.39 is 0 Å². The molecule has 14 heavy (non-hydrogen) atoms. The summed E-state index contributed by atoms with van der Waals surface area (Å²) in [5.74, 6) is 0.246. The number of carbonyl (C=O) groups excluding carboxylic acids is 1. The Morgan fingerprint density at radius 2 is 1.86 bits per heavy atom. The van der Waals surface area contributed by atoms with E-state index in [1.807, 2.05) is 0 Å². The molecule has 0 aliphatic rings. The van der Waals surface area contributed by atoms with E-state index in [1.54, 1.807) is 6.92 Å². The van der Waals surface area contributed by atoms with E-state index in [1.165, 1.54) is 5.57 Å². The van der Waals surface area contributed by atoms with Gasteiger partial charge in [-0.05, 0) is 25.7 Å². The van der Waals surface area contributed by atoms with Gasteiger partial charge in [-0.3, -0.25) is 4.79 Å². The molecule has 0 aromatic heterocycles. The largest absolute Gasteiger partial charge is 0.300 e. The topological polar surface area (TPSA) is 17.1 Å². The van der Waals surface area contributed by atoms with Crippen LogP contribution in [0.25, 0.3) is 0 Å². The summed E-state index contributed by atoms with van der Waals surface area (Å²) in [6.07, 6.45) is 7.97. The van der Waals surface area contributed by atoms with Gasteiger partial charge in [0.1, 0.15) is 5.78 Å². The van der Waals surface area contributed by atoms with Gasteiger partial charge in [-0.25, -0.2) is 0 Å². The molecular weight excluding hydrogens is 172 g/mol. The first-order chi connectivity index (χ1) is 6.37. The Labute approximate surface area is 87.9 Å². The maximum Gasteiger partial charge on any atom is 0.130 e. The van der Waals surface area contributed by atoms with Crippen LogP contribution in [0.15, 0.2) is 23.8 Å². The number of allylic oxidation sites excluding steroid dienone is 4. The van der Waals surface area contributed by atoms with Crippen molar-refractivity contribution in [3.8, 4) is 0 Å². The molecule has 0 bridgehead atoms. The molecule has 1 nitrogen and oxygen atoms in total. The number of hydrogen-bond donors (Lipinski definition) is 0. The monoisotopic (exact) mass is 194 g/mol. The molecule has 80 valence electrons. The molecule has 0 atom stereocenters. The van der Waals surface area contributed by atoms with E-state index in [0.717, 1.165) is 6.42 Å². The van der Waals surface area contributed by atoms with Crippen LogP contribution in [0, 0.1) is 5.41 Å². The van der Waals surface area contributed by atoms with E-state index in [9.17, 15) is 4.79 Å². The van der Waals surface area contributed by atoms with Crippen molar-refractivity contribution in [1.29, 1.82) is 0 Å². The lowest BCUT2D eigenvalue weighted by Crippen LogP contribution is -2.11. The van der Waals surface area contributed by atoms with Crippen LogP contribution in [-0.2, 0) is 4.79 Å². The van der Waals surface area contributed by atoms with Crippen molar-refractivity contribution >= 4 is 5.78 Å². The minimum absolute atomic E-state index is 0.0175. The van der Waals surface area contributed by atoms with Crippen molar-refractivity contribution in [2.75, 3.05) is 0 Å². The normalized spacial score (nSPS) is 13.6. The zero-order valence-electron chi connectivity index (χ0n) is 10.1. The first-order valence-electron chi connectivity index (χ1n) is 5.22. The van der Waals surface area contributed by atoms with Crippen LogP contribution in [-0.4, -0.2) is 5.78 Å². The summed E-state index contributed by atoms with van der Waals surface area (Å²) in [6.45, 7) is 10.1. The van der Waals surface area contributed by atoms with Crippen molar-refractivity contribution in [2.24, 2.45) is 5.41 Å². The Hall–Kier alpha value is -0.850. The summed E-state index contributed by atoms with van der Waals surface area (Å²) in [6, 6.07) is 0. The molecule has 0 saturated carbocycles. The second-order valence-electron chi connectivity index (χ2n) is 4.59. The van der Waals surface area contributed by atoms with Crippen molar-refractivity contribution in [2.45, 2.75) is 47.5 Å². The predicted octanol–water partition coefficient (Wildman–Crippen LogP) is 3.90. The molecule has 0 saturated heterocycles. The fourth-order valence-corrected chi connectivity index (χ4v) is 1.29. The van der Waals surface area contributed by atoms with E-state index in [2.05, 4.69) is 45.9 Å². The maximum absolute atomic E-state index is 11.0. The van der Waals surface area contributed by atoms with Gasteiger partial charge in [0, 0.05) is 6.42 Å². The number of ketones is 1. The molecule has 0 aromatic rings. The zero-order chi connectivity index (χ0) is 11.2. The quantitative estimate of drug-likeness (QED) is 0.606. The maximum atomic E-state index is 11.0. The third kappa shape index (κ3) is 6.64. The Bertz CT molecular complexity index is 244. The van der Waals surface area contributed by atoms with Crippen LogP contribution in [0.2, 0.25) is 0 Å². The molecule has 0 N–H and O–H groups in total.